The largest absolute Gasteiger partial charge is 0.330 e. The molecule has 162 valence electrons. The third kappa shape index (κ3) is 4.12. The number of anilines is 1. The highest BCUT2D eigenvalue weighted by Gasteiger charge is 2.25. The lowest BCUT2D eigenvalue weighted by Crippen LogP contribution is -2.54. The van der Waals surface area contributed by atoms with Crippen LogP contribution in [0.4, 0.5) is 5.82 Å². The Balaban J connectivity index is 1.72. The number of imidazole rings is 1. The number of aromatic nitrogens is 4. The summed E-state index contributed by atoms with van der Waals surface area (Å²) in [5.74, 6) is 1.31. The Morgan fingerprint density at radius 3 is 2.06 bits per heavy atom. The van der Waals surface area contributed by atoms with Gasteiger partial charge in [-0.15, -0.1) is 0 Å². The van der Waals surface area contributed by atoms with Crippen molar-refractivity contribution < 1.29 is 4.79 Å². The number of hydrogen-bond donors (Lipinski definition) is 1. The maximum Gasteiger partial charge on any atom is 0.255 e. The average molecular weight is 440 g/mol. The van der Waals surface area contributed by atoms with Crippen molar-refractivity contribution in [2.45, 2.75) is 12.0 Å². The Hall–Kier alpha value is -3.09. The summed E-state index contributed by atoms with van der Waals surface area (Å²) in [5.41, 5.74) is 8.20. The molecule has 0 aliphatic carbocycles. The zero-order valence-corrected chi connectivity index (χ0v) is 21.6. The summed E-state index contributed by atoms with van der Waals surface area (Å²) in [7, 11) is 16.9. The van der Waals surface area contributed by atoms with Crippen LogP contribution in [0.1, 0.15) is 21.7 Å². The summed E-state index contributed by atoms with van der Waals surface area (Å²) >= 11 is 0. The van der Waals surface area contributed by atoms with Gasteiger partial charge in [0.05, 0.1) is 41.1 Å². The molecule has 0 radical (unpaired) electrons. The number of rotatable bonds is 4. The van der Waals surface area contributed by atoms with Crippen molar-refractivity contribution in [2.24, 2.45) is 7.05 Å². The van der Waals surface area contributed by atoms with Crippen molar-refractivity contribution in [1.29, 1.82) is 0 Å². The van der Waals surface area contributed by atoms with Crippen molar-refractivity contribution in [3.05, 3.63) is 47.7 Å². The maximum atomic E-state index is 13.4. The van der Waals surface area contributed by atoms with Gasteiger partial charge < -0.3 is 9.88 Å². The molecule has 4 aromatic rings. The number of aryl methyl sites for hydroxylation is 1. The van der Waals surface area contributed by atoms with Gasteiger partial charge in [0, 0.05) is 30.4 Å². The second kappa shape index (κ2) is 8.60. The minimum atomic E-state index is -0.134. The van der Waals surface area contributed by atoms with E-state index in [9.17, 15) is 4.79 Å². The van der Waals surface area contributed by atoms with Gasteiger partial charge in [-0.2, -0.15) is 0 Å². The molecule has 13 heteroatoms. The molecule has 6 nitrogen and oxygen atoms in total. The highest BCUT2D eigenvalue weighted by atomic mass is 16.1. The Bertz CT molecular complexity index is 1430. The van der Waals surface area contributed by atoms with Crippen LogP contribution in [-0.2, 0) is 12.2 Å². The monoisotopic (exact) mass is 441 g/mol. The SMILES string of the molecule is Bc1c(B)c(C(B)(B)B)c(B)c(B)c1C(=O)Nc1cc2cc(-c3cnc(C)n3C)ncc2cn1. The van der Waals surface area contributed by atoms with Crippen LogP contribution in [0.2, 0.25) is 0 Å². The van der Waals surface area contributed by atoms with Crippen molar-refractivity contribution in [3.8, 4) is 11.4 Å². The van der Waals surface area contributed by atoms with E-state index >= 15 is 0 Å². The van der Waals surface area contributed by atoms with Gasteiger partial charge in [-0.1, -0.05) is 32.5 Å². The second-order valence-electron chi connectivity index (χ2n) is 10.2. The molecule has 0 unspecified atom stereocenters. The van der Waals surface area contributed by atoms with Crippen LogP contribution in [0.3, 0.4) is 0 Å². The van der Waals surface area contributed by atoms with E-state index < -0.39 is 0 Å². The van der Waals surface area contributed by atoms with Gasteiger partial charge in [-0.25, -0.2) is 9.97 Å². The molecule has 0 spiro atoms. The molecule has 3 heterocycles. The van der Waals surface area contributed by atoms with E-state index in [2.05, 4.69) is 59.5 Å². The topological polar surface area (TPSA) is 72.7 Å². The number of nitrogens with zero attached hydrogens (tertiary/aromatic N) is 4. The molecule has 0 saturated carbocycles. The number of carbonyl (C=O) groups is 1. The molecule has 4 rings (SSSR count). The molecule has 1 N–H and O–H groups in total. The van der Waals surface area contributed by atoms with Crippen molar-refractivity contribution >= 4 is 99.3 Å². The standard InChI is InChI=1S/C21H26B7N5O/c1-8-29-7-12(33(8)2)11-3-9-4-13(31-6-10(9)5-30-11)32-20(34)14-16(22)18(24)15(21(26,27)28)19(25)17(14)23/h3-7H,22-28H2,1-2H3,(H,31,32,34). The van der Waals surface area contributed by atoms with Gasteiger partial charge in [-0.05, 0) is 24.4 Å². The predicted molar refractivity (Wildman–Crippen MR) is 161 cm³/mol. The number of pyridine rings is 2. The molecule has 1 amide bonds. The van der Waals surface area contributed by atoms with Crippen LogP contribution in [0.5, 0.6) is 0 Å². The van der Waals surface area contributed by atoms with E-state index in [1.54, 1.807) is 12.4 Å². The van der Waals surface area contributed by atoms with Crippen molar-refractivity contribution in [1.82, 2.24) is 19.5 Å². The number of nitrogens with one attached hydrogen (secondary N) is 1. The predicted octanol–water partition coefficient (Wildman–Crippen LogP) is -6.37. The Morgan fingerprint density at radius 2 is 1.50 bits per heavy atom. The van der Waals surface area contributed by atoms with Gasteiger partial charge in [0.2, 0.25) is 0 Å². The number of benzene rings is 1. The third-order valence-corrected chi connectivity index (χ3v) is 6.93. The summed E-state index contributed by atoms with van der Waals surface area (Å²) in [6, 6.07) is 3.90. The van der Waals surface area contributed by atoms with E-state index in [0.717, 1.165) is 44.5 Å². The zero-order valence-electron chi connectivity index (χ0n) is 21.6. The summed E-state index contributed by atoms with van der Waals surface area (Å²) in [6.07, 6.45) is 5.37. The molecule has 0 fully saturated rings. The summed E-state index contributed by atoms with van der Waals surface area (Å²) < 4.78 is 2.01. The minimum absolute atomic E-state index is 0.0107. The Labute approximate surface area is 207 Å². The lowest BCUT2D eigenvalue weighted by molar-refractivity contribution is 0.102. The highest BCUT2D eigenvalue weighted by Crippen LogP contribution is 2.23. The summed E-state index contributed by atoms with van der Waals surface area (Å²) in [4.78, 5) is 26.8. The molecule has 34 heavy (non-hydrogen) atoms. The van der Waals surface area contributed by atoms with E-state index in [1.165, 1.54) is 16.5 Å². The Kier molecular flexibility index (Phi) is 6.09. The first kappa shape index (κ1) is 24.1. The number of fused-ring (bicyclic) bond motifs is 1. The van der Waals surface area contributed by atoms with E-state index in [-0.39, 0.29) is 11.0 Å². The van der Waals surface area contributed by atoms with Crippen LogP contribution in [0.25, 0.3) is 22.2 Å². The van der Waals surface area contributed by atoms with Crippen molar-refractivity contribution in [2.75, 3.05) is 5.32 Å². The van der Waals surface area contributed by atoms with Crippen LogP contribution in [-0.4, -0.2) is 80.4 Å². The fourth-order valence-electron chi connectivity index (χ4n) is 4.94. The maximum absolute atomic E-state index is 13.4. The molecular formula is C21H26B7N5O. The molecule has 0 bridgehead atoms. The molecule has 0 aliphatic heterocycles. The third-order valence-electron chi connectivity index (χ3n) is 6.93. The van der Waals surface area contributed by atoms with Gasteiger partial charge in [0.25, 0.3) is 5.91 Å². The number of carbonyl (C=O) groups excluding carboxylic acids is 1. The van der Waals surface area contributed by atoms with Gasteiger partial charge in [-0.3, -0.25) is 9.78 Å². The molecule has 0 atom stereocenters. The fraction of sp³-hybridized carbons (Fsp3) is 0.143. The van der Waals surface area contributed by atoms with Crippen LogP contribution in [0.15, 0.2) is 30.7 Å². The minimum Gasteiger partial charge on any atom is -0.330 e. The van der Waals surface area contributed by atoms with Gasteiger partial charge >= 0.3 is 0 Å². The van der Waals surface area contributed by atoms with Gasteiger partial charge in [0.15, 0.2) is 0 Å². The van der Waals surface area contributed by atoms with E-state index in [0.29, 0.717) is 5.82 Å². The smallest absolute Gasteiger partial charge is 0.255 e. The van der Waals surface area contributed by atoms with Gasteiger partial charge in [0.1, 0.15) is 43.0 Å². The molecule has 3 aromatic heterocycles. The second-order valence-corrected chi connectivity index (χ2v) is 10.2. The first-order chi connectivity index (χ1) is 15.9. The molecular weight excluding hydrogens is 414 g/mol. The molecule has 1 aromatic carbocycles. The molecule has 0 aliphatic rings. The number of hydrogen-bond acceptors (Lipinski definition) is 4. The highest BCUT2D eigenvalue weighted by molar-refractivity contribution is 6.66. The lowest BCUT2D eigenvalue weighted by atomic mass is 9.37. The summed E-state index contributed by atoms with van der Waals surface area (Å²) in [6.45, 7) is 1.96. The fourth-order valence-corrected chi connectivity index (χ4v) is 4.94. The van der Waals surface area contributed by atoms with Crippen molar-refractivity contribution in [3.63, 3.8) is 0 Å². The zero-order chi connectivity index (χ0) is 24.9. The Morgan fingerprint density at radius 1 is 0.882 bits per heavy atom. The van der Waals surface area contributed by atoms with Crippen LogP contribution >= 0.6 is 0 Å². The average Bonchev–Trinajstić information content (AvgIpc) is 3.09. The quantitative estimate of drug-likeness (QED) is 0.321. The lowest BCUT2D eigenvalue weighted by Gasteiger charge is -2.30. The normalized spacial score (nSPS) is 11.6. The van der Waals surface area contributed by atoms with Crippen LogP contribution < -0.4 is 27.2 Å². The number of amides is 1. The first-order valence-electron chi connectivity index (χ1n) is 11.6. The summed E-state index contributed by atoms with van der Waals surface area (Å²) in [5, 5.41) is 4.91. The van der Waals surface area contributed by atoms with E-state index in [4.69, 9.17) is 0 Å². The van der Waals surface area contributed by atoms with E-state index in [1.807, 2.05) is 52.6 Å². The molecule has 0 saturated heterocycles. The van der Waals surface area contributed by atoms with Crippen LogP contribution in [0, 0.1) is 6.92 Å². The first-order valence-corrected chi connectivity index (χ1v) is 11.6.